The van der Waals surface area contributed by atoms with Crippen LogP contribution in [0.5, 0.6) is 0 Å². The molecule has 0 bridgehead atoms. The number of benzene rings is 1. The third-order valence-corrected chi connectivity index (χ3v) is 5.21. The highest BCUT2D eigenvalue weighted by molar-refractivity contribution is 7.13. The van der Waals surface area contributed by atoms with E-state index in [1.54, 1.807) is 38.3 Å². The molecule has 3 aromatic rings. The summed E-state index contributed by atoms with van der Waals surface area (Å²) < 4.78 is 10.9. The fourth-order valence-corrected chi connectivity index (χ4v) is 3.35. The number of rotatable bonds is 9. The number of ether oxygens (including phenoxy) is 1. The van der Waals surface area contributed by atoms with Gasteiger partial charge in [-0.3, -0.25) is 9.69 Å². The van der Waals surface area contributed by atoms with E-state index in [9.17, 15) is 10.1 Å². The number of carbonyl (C=O) groups excluding carboxylic acids is 1. The van der Waals surface area contributed by atoms with Crippen LogP contribution < -0.4 is 5.32 Å². The predicted molar refractivity (Wildman–Crippen MR) is 109 cm³/mol. The van der Waals surface area contributed by atoms with E-state index in [0.717, 1.165) is 4.88 Å². The minimum absolute atomic E-state index is 0.234. The summed E-state index contributed by atoms with van der Waals surface area (Å²) in [5.74, 6) is 0.644. The van der Waals surface area contributed by atoms with Gasteiger partial charge in [-0.25, -0.2) is 0 Å². The second-order valence-electron chi connectivity index (χ2n) is 6.26. The van der Waals surface area contributed by atoms with Crippen molar-refractivity contribution in [2.45, 2.75) is 19.5 Å². The highest BCUT2D eigenvalue weighted by Crippen LogP contribution is 2.23. The summed E-state index contributed by atoms with van der Waals surface area (Å²) in [6.45, 7) is 3.03. The average molecular weight is 411 g/mol. The molecule has 8 nitrogen and oxygen atoms in total. The van der Waals surface area contributed by atoms with Gasteiger partial charge >= 0.3 is 0 Å². The highest BCUT2D eigenvalue weighted by atomic mass is 32.1. The first-order valence-corrected chi connectivity index (χ1v) is 9.89. The van der Waals surface area contributed by atoms with E-state index >= 15 is 0 Å². The molecule has 0 aliphatic rings. The SMILES string of the molecule is COCCN(Cc1nnc(-c2cccs2)o1)[C@H](C)C(=O)Nc1ccccc1C#N. The maximum absolute atomic E-state index is 12.8. The number of nitrogens with zero attached hydrogens (tertiary/aromatic N) is 4. The Labute approximate surface area is 172 Å². The van der Waals surface area contributed by atoms with Crippen molar-refractivity contribution < 1.29 is 13.9 Å². The van der Waals surface area contributed by atoms with E-state index in [4.69, 9.17) is 9.15 Å². The van der Waals surface area contributed by atoms with Gasteiger partial charge < -0.3 is 14.5 Å². The van der Waals surface area contributed by atoms with Crippen LogP contribution in [0, 0.1) is 11.3 Å². The van der Waals surface area contributed by atoms with Crippen LogP contribution in [0.15, 0.2) is 46.2 Å². The topological polar surface area (TPSA) is 104 Å². The van der Waals surface area contributed by atoms with Gasteiger partial charge in [0, 0.05) is 13.7 Å². The van der Waals surface area contributed by atoms with Gasteiger partial charge in [0.2, 0.25) is 11.8 Å². The molecule has 0 saturated carbocycles. The largest absolute Gasteiger partial charge is 0.419 e. The van der Waals surface area contributed by atoms with Gasteiger partial charge in [0.1, 0.15) is 6.07 Å². The van der Waals surface area contributed by atoms with E-state index in [0.29, 0.717) is 42.7 Å². The molecule has 0 unspecified atom stereocenters. The smallest absolute Gasteiger partial charge is 0.257 e. The molecule has 29 heavy (non-hydrogen) atoms. The third kappa shape index (κ3) is 5.26. The number of hydrogen-bond donors (Lipinski definition) is 1. The average Bonchev–Trinajstić information content (AvgIpc) is 3.42. The van der Waals surface area contributed by atoms with Crippen LogP contribution in [0.2, 0.25) is 0 Å². The molecule has 0 saturated heterocycles. The van der Waals surface area contributed by atoms with Crippen LogP contribution in [-0.4, -0.2) is 47.3 Å². The molecule has 0 radical (unpaired) electrons. The monoisotopic (exact) mass is 411 g/mol. The lowest BCUT2D eigenvalue weighted by Crippen LogP contribution is -2.43. The Morgan fingerprint density at radius 2 is 2.17 bits per heavy atom. The van der Waals surface area contributed by atoms with Crippen molar-refractivity contribution in [1.29, 1.82) is 5.26 Å². The van der Waals surface area contributed by atoms with Crippen LogP contribution in [0.25, 0.3) is 10.8 Å². The van der Waals surface area contributed by atoms with Gasteiger partial charge in [-0.15, -0.1) is 21.5 Å². The van der Waals surface area contributed by atoms with E-state index in [1.165, 1.54) is 11.3 Å². The summed E-state index contributed by atoms with van der Waals surface area (Å²) in [6, 6.07) is 12.3. The normalized spacial score (nSPS) is 11.9. The Bertz CT molecular complexity index is 980. The zero-order valence-electron chi connectivity index (χ0n) is 16.2. The molecule has 1 N–H and O–H groups in total. The highest BCUT2D eigenvalue weighted by Gasteiger charge is 2.24. The van der Waals surface area contributed by atoms with Crippen LogP contribution >= 0.6 is 11.3 Å². The number of para-hydroxylation sites is 1. The minimum Gasteiger partial charge on any atom is -0.419 e. The summed E-state index contributed by atoms with van der Waals surface area (Å²) in [4.78, 5) is 15.6. The van der Waals surface area contributed by atoms with Crippen molar-refractivity contribution in [1.82, 2.24) is 15.1 Å². The van der Waals surface area contributed by atoms with E-state index < -0.39 is 6.04 Å². The van der Waals surface area contributed by atoms with Crippen molar-refractivity contribution in [3.63, 3.8) is 0 Å². The molecule has 0 spiro atoms. The standard InChI is InChI=1S/C20H21N5O3S/c1-14(19(26)22-16-7-4-3-6-15(16)12-21)25(9-10-27-2)13-18-23-24-20(28-18)17-8-5-11-29-17/h3-8,11,14H,9-10,13H2,1-2H3,(H,22,26)/t14-/m1/s1. The molecule has 0 aliphatic heterocycles. The lowest BCUT2D eigenvalue weighted by Gasteiger charge is -2.26. The maximum atomic E-state index is 12.8. The van der Waals surface area contributed by atoms with Crippen LogP contribution in [-0.2, 0) is 16.1 Å². The Hall–Kier alpha value is -3.06. The molecular weight excluding hydrogens is 390 g/mol. The van der Waals surface area contributed by atoms with E-state index in [-0.39, 0.29) is 5.91 Å². The van der Waals surface area contributed by atoms with Gasteiger partial charge in [-0.2, -0.15) is 5.26 Å². The molecular formula is C20H21N5O3S. The number of nitrogens with one attached hydrogen (secondary N) is 1. The quantitative estimate of drug-likeness (QED) is 0.577. The number of carbonyl (C=O) groups is 1. The van der Waals surface area contributed by atoms with Gasteiger partial charge in [-0.1, -0.05) is 18.2 Å². The molecule has 9 heteroatoms. The maximum Gasteiger partial charge on any atom is 0.257 e. The molecule has 3 rings (SSSR count). The molecule has 1 aromatic carbocycles. The zero-order chi connectivity index (χ0) is 20.6. The minimum atomic E-state index is -0.506. The van der Waals surface area contributed by atoms with Crippen LogP contribution in [0.4, 0.5) is 5.69 Å². The molecule has 0 aliphatic carbocycles. The predicted octanol–water partition coefficient (Wildman–Crippen LogP) is 3.15. The first kappa shape index (κ1) is 20.7. The lowest BCUT2D eigenvalue weighted by atomic mass is 10.1. The van der Waals surface area contributed by atoms with Crippen LogP contribution in [0.1, 0.15) is 18.4 Å². The number of amides is 1. The van der Waals surface area contributed by atoms with Gasteiger partial charge in [0.25, 0.3) is 5.89 Å². The van der Waals surface area contributed by atoms with Crippen LogP contribution in [0.3, 0.4) is 0 Å². The number of thiophene rings is 1. The summed E-state index contributed by atoms with van der Waals surface area (Å²) in [5.41, 5.74) is 0.894. The third-order valence-electron chi connectivity index (χ3n) is 4.35. The van der Waals surface area contributed by atoms with Gasteiger partial charge in [-0.05, 0) is 30.5 Å². The number of methoxy groups -OCH3 is 1. The summed E-state index contributed by atoms with van der Waals surface area (Å²) >= 11 is 1.52. The lowest BCUT2D eigenvalue weighted by molar-refractivity contribution is -0.121. The second kappa shape index (κ2) is 9.93. The Morgan fingerprint density at radius 3 is 2.90 bits per heavy atom. The number of anilines is 1. The van der Waals surface area contributed by atoms with E-state index in [2.05, 4.69) is 21.6 Å². The molecule has 150 valence electrons. The number of nitriles is 1. The fraction of sp³-hybridized carbons (Fsp3) is 0.300. The van der Waals surface area contributed by atoms with Crippen molar-refractivity contribution in [2.75, 3.05) is 25.6 Å². The van der Waals surface area contributed by atoms with Crippen molar-refractivity contribution in [3.8, 4) is 16.8 Å². The molecule has 1 atom stereocenters. The Kier molecular flexibility index (Phi) is 7.08. The first-order chi connectivity index (χ1) is 14.1. The van der Waals surface area contributed by atoms with Gasteiger partial charge in [0.15, 0.2) is 0 Å². The molecule has 1 amide bonds. The number of hydrogen-bond acceptors (Lipinski definition) is 8. The Balaban J connectivity index is 1.71. The Morgan fingerprint density at radius 1 is 1.34 bits per heavy atom. The van der Waals surface area contributed by atoms with Crippen molar-refractivity contribution in [3.05, 3.63) is 53.2 Å². The summed E-state index contributed by atoms with van der Waals surface area (Å²) in [7, 11) is 1.60. The summed E-state index contributed by atoms with van der Waals surface area (Å²) in [6.07, 6.45) is 0. The second-order valence-corrected chi connectivity index (χ2v) is 7.21. The van der Waals surface area contributed by atoms with Crippen molar-refractivity contribution in [2.24, 2.45) is 0 Å². The van der Waals surface area contributed by atoms with Gasteiger partial charge in [0.05, 0.1) is 35.3 Å². The first-order valence-electron chi connectivity index (χ1n) is 9.01. The fourth-order valence-electron chi connectivity index (χ4n) is 2.70. The van der Waals surface area contributed by atoms with Crippen molar-refractivity contribution >= 4 is 22.9 Å². The zero-order valence-corrected chi connectivity index (χ0v) is 17.0. The molecule has 2 heterocycles. The molecule has 2 aromatic heterocycles. The van der Waals surface area contributed by atoms with E-state index in [1.807, 2.05) is 22.4 Å². The molecule has 0 fully saturated rings. The number of aromatic nitrogens is 2. The summed E-state index contributed by atoms with van der Waals surface area (Å²) in [5, 5.41) is 22.2.